The molecular weight excluding hydrogens is 352 g/mol. The second kappa shape index (κ2) is 7.52. The number of imidazole rings is 1. The molecule has 0 aliphatic heterocycles. The standard InChI is InChI=1S/C22H20N4O2/c1-25-18-9-5-6-10-19(18)26(22(25)28)15-20(27)24-21(16-7-3-2-4-8-16)17-11-13-23-14-12-17/h2-14,21H,15H2,1H3,(H,24,27). The third kappa shape index (κ3) is 3.32. The Labute approximate surface area is 162 Å². The molecule has 4 aromatic rings. The molecular formula is C22H20N4O2. The van der Waals surface area contributed by atoms with Crippen LogP contribution in [0.15, 0.2) is 83.9 Å². The van der Waals surface area contributed by atoms with Crippen molar-refractivity contribution in [1.82, 2.24) is 19.4 Å². The Morgan fingerprint density at radius 3 is 2.25 bits per heavy atom. The van der Waals surface area contributed by atoms with E-state index in [1.54, 1.807) is 24.0 Å². The molecule has 2 heterocycles. The van der Waals surface area contributed by atoms with E-state index < -0.39 is 0 Å². The Kier molecular flexibility index (Phi) is 4.76. The number of carbonyl (C=O) groups is 1. The average molecular weight is 372 g/mol. The van der Waals surface area contributed by atoms with Crippen molar-refractivity contribution in [2.45, 2.75) is 12.6 Å². The molecule has 6 heteroatoms. The Morgan fingerprint density at radius 1 is 0.929 bits per heavy atom. The van der Waals surface area contributed by atoms with Gasteiger partial charge >= 0.3 is 5.69 Å². The zero-order chi connectivity index (χ0) is 19.5. The van der Waals surface area contributed by atoms with E-state index >= 15 is 0 Å². The van der Waals surface area contributed by atoms with E-state index in [9.17, 15) is 9.59 Å². The lowest BCUT2D eigenvalue weighted by Crippen LogP contribution is -2.35. The van der Waals surface area contributed by atoms with Gasteiger partial charge in [0.05, 0.1) is 17.1 Å². The summed E-state index contributed by atoms with van der Waals surface area (Å²) in [6.45, 7) is -0.0470. The fraction of sp³-hybridized carbons (Fsp3) is 0.136. The van der Waals surface area contributed by atoms with Crippen LogP contribution in [0.25, 0.3) is 11.0 Å². The third-order valence-electron chi connectivity index (χ3n) is 4.83. The van der Waals surface area contributed by atoms with Crippen LogP contribution in [0.1, 0.15) is 17.2 Å². The monoisotopic (exact) mass is 372 g/mol. The van der Waals surface area contributed by atoms with Crippen LogP contribution in [0.3, 0.4) is 0 Å². The van der Waals surface area contributed by atoms with Crippen LogP contribution in [-0.2, 0) is 18.4 Å². The zero-order valence-electron chi connectivity index (χ0n) is 15.4. The highest BCUT2D eigenvalue weighted by molar-refractivity contribution is 5.81. The number of carbonyl (C=O) groups excluding carboxylic acids is 1. The highest BCUT2D eigenvalue weighted by Gasteiger charge is 2.19. The summed E-state index contributed by atoms with van der Waals surface area (Å²) in [4.78, 5) is 29.5. The first-order chi connectivity index (χ1) is 13.6. The van der Waals surface area contributed by atoms with Crippen molar-refractivity contribution in [3.05, 3.63) is 101 Å². The van der Waals surface area contributed by atoms with Crippen molar-refractivity contribution in [1.29, 1.82) is 0 Å². The number of hydrogen-bond acceptors (Lipinski definition) is 3. The number of rotatable bonds is 5. The van der Waals surface area contributed by atoms with Gasteiger partial charge in [0.25, 0.3) is 0 Å². The Bertz CT molecular complexity index is 1120. The van der Waals surface area contributed by atoms with Gasteiger partial charge in [-0.05, 0) is 35.4 Å². The highest BCUT2D eigenvalue weighted by Crippen LogP contribution is 2.21. The molecule has 0 aliphatic rings. The Morgan fingerprint density at radius 2 is 1.54 bits per heavy atom. The number of nitrogens with one attached hydrogen (secondary N) is 1. The fourth-order valence-electron chi connectivity index (χ4n) is 3.43. The number of aryl methyl sites for hydroxylation is 1. The molecule has 1 unspecified atom stereocenters. The lowest BCUT2D eigenvalue weighted by atomic mass is 10.00. The number of pyridine rings is 1. The molecule has 140 valence electrons. The van der Waals surface area contributed by atoms with E-state index in [1.807, 2.05) is 66.7 Å². The molecule has 28 heavy (non-hydrogen) atoms. The van der Waals surface area contributed by atoms with E-state index in [1.165, 1.54) is 4.57 Å². The van der Waals surface area contributed by atoms with Gasteiger partial charge < -0.3 is 5.32 Å². The maximum absolute atomic E-state index is 12.9. The number of aromatic nitrogens is 3. The van der Waals surface area contributed by atoms with Crippen LogP contribution in [0.4, 0.5) is 0 Å². The topological polar surface area (TPSA) is 68.9 Å². The van der Waals surface area contributed by atoms with Crippen molar-refractivity contribution in [3.8, 4) is 0 Å². The molecule has 1 atom stereocenters. The minimum Gasteiger partial charge on any atom is -0.344 e. The van der Waals surface area contributed by atoms with E-state index in [0.717, 1.165) is 22.2 Å². The molecule has 0 saturated carbocycles. The van der Waals surface area contributed by atoms with Crippen molar-refractivity contribution in [2.75, 3.05) is 0 Å². The summed E-state index contributed by atoms with van der Waals surface area (Å²) in [5.41, 5.74) is 3.23. The molecule has 0 bridgehead atoms. The quantitative estimate of drug-likeness (QED) is 0.586. The van der Waals surface area contributed by atoms with Gasteiger partial charge in [-0.1, -0.05) is 42.5 Å². The minimum atomic E-state index is -0.317. The van der Waals surface area contributed by atoms with Crippen LogP contribution in [0, 0.1) is 0 Å². The largest absolute Gasteiger partial charge is 0.344 e. The third-order valence-corrected chi connectivity index (χ3v) is 4.83. The van der Waals surface area contributed by atoms with Gasteiger partial charge in [-0.2, -0.15) is 0 Å². The zero-order valence-corrected chi connectivity index (χ0v) is 15.4. The van der Waals surface area contributed by atoms with Crippen LogP contribution < -0.4 is 11.0 Å². The summed E-state index contributed by atoms with van der Waals surface area (Å²) in [5.74, 6) is -0.232. The van der Waals surface area contributed by atoms with Crippen molar-refractivity contribution < 1.29 is 4.79 Å². The second-order valence-electron chi connectivity index (χ2n) is 6.61. The van der Waals surface area contributed by atoms with E-state index in [2.05, 4.69) is 10.3 Å². The number of para-hydroxylation sites is 2. The van der Waals surface area contributed by atoms with E-state index in [-0.39, 0.29) is 24.2 Å². The molecule has 2 aromatic carbocycles. The summed E-state index contributed by atoms with van der Waals surface area (Å²) < 4.78 is 3.05. The fourth-order valence-corrected chi connectivity index (χ4v) is 3.43. The molecule has 2 aromatic heterocycles. The predicted octanol–water partition coefficient (Wildman–Crippen LogP) is 2.64. The first-order valence-corrected chi connectivity index (χ1v) is 9.03. The first kappa shape index (κ1) is 17.7. The van der Waals surface area contributed by atoms with Crippen molar-refractivity contribution in [2.24, 2.45) is 7.05 Å². The van der Waals surface area contributed by atoms with Crippen LogP contribution in [-0.4, -0.2) is 20.0 Å². The van der Waals surface area contributed by atoms with Gasteiger partial charge in [0.2, 0.25) is 5.91 Å². The lowest BCUT2D eigenvalue weighted by Gasteiger charge is -2.20. The van der Waals surface area contributed by atoms with Gasteiger partial charge in [-0.3, -0.25) is 18.9 Å². The number of fused-ring (bicyclic) bond motifs is 1. The Balaban J connectivity index is 1.65. The van der Waals surface area contributed by atoms with Gasteiger partial charge in [0.1, 0.15) is 6.54 Å². The maximum atomic E-state index is 12.9. The first-order valence-electron chi connectivity index (χ1n) is 9.03. The summed E-state index contributed by atoms with van der Waals surface area (Å²) in [7, 11) is 1.71. The van der Waals surface area contributed by atoms with Crippen molar-refractivity contribution in [3.63, 3.8) is 0 Å². The van der Waals surface area contributed by atoms with Gasteiger partial charge in [0.15, 0.2) is 0 Å². The molecule has 0 radical (unpaired) electrons. The molecule has 6 nitrogen and oxygen atoms in total. The van der Waals surface area contributed by atoms with Crippen LogP contribution in [0.2, 0.25) is 0 Å². The summed E-state index contributed by atoms with van der Waals surface area (Å²) in [6.07, 6.45) is 3.40. The van der Waals surface area contributed by atoms with E-state index in [0.29, 0.717) is 0 Å². The van der Waals surface area contributed by atoms with E-state index in [4.69, 9.17) is 0 Å². The second-order valence-corrected chi connectivity index (χ2v) is 6.61. The molecule has 0 saturated heterocycles. The molecule has 0 spiro atoms. The summed E-state index contributed by atoms with van der Waals surface area (Å²) in [5, 5.41) is 3.06. The Hall–Kier alpha value is -3.67. The highest BCUT2D eigenvalue weighted by atomic mass is 16.2. The van der Waals surface area contributed by atoms with Crippen molar-refractivity contribution >= 4 is 16.9 Å². The number of amides is 1. The lowest BCUT2D eigenvalue weighted by molar-refractivity contribution is -0.122. The molecule has 1 N–H and O–H groups in total. The number of hydrogen-bond donors (Lipinski definition) is 1. The molecule has 4 rings (SSSR count). The molecule has 0 fully saturated rings. The van der Waals surface area contributed by atoms with Gasteiger partial charge in [-0.15, -0.1) is 0 Å². The minimum absolute atomic E-state index is 0.0470. The summed E-state index contributed by atoms with van der Waals surface area (Å²) in [6, 6.07) is 20.6. The number of benzene rings is 2. The molecule has 0 aliphatic carbocycles. The average Bonchev–Trinajstić information content (AvgIpc) is 2.98. The van der Waals surface area contributed by atoms with Crippen LogP contribution >= 0.6 is 0 Å². The van der Waals surface area contributed by atoms with Gasteiger partial charge in [0, 0.05) is 19.4 Å². The predicted molar refractivity (Wildman–Crippen MR) is 108 cm³/mol. The molecule has 1 amide bonds. The summed E-state index contributed by atoms with van der Waals surface area (Å²) >= 11 is 0. The maximum Gasteiger partial charge on any atom is 0.329 e. The van der Waals surface area contributed by atoms with Crippen LogP contribution in [0.5, 0.6) is 0 Å². The normalized spacial score (nSPS) is 12.0. The van der Waals surface area contributed by atoms with Gasteiger partial charge in [-0.25, -0.2) is 4.79 Å². The smallest absolute Gasteiger partial charge is 0.329 e. The number of nitrogens with zero attached hydrogens (tertiary/aromatic N) is 3. The SMILES string of the molecule is Cn1c(=O)n(CC(=O)NC(c2ccccc2)c2ccncc2)c2ccccc21.